The summed E-state index contributed by atoms with van der Waals surface area (Å²) < 4.78 is 12.7. The number of Topliss-reactive ketones (excluding diaryl/α,β-unsaturated/α-hetero) is 1. The van der Waals surface area contributed by atoms with Crippen molar-refractivity contribution in [3.8, 4) is 5.75 Å². The maximum atomic E-state index is 13.9. The first kappa shape index (κ1) is 22.3. The minimum Gasteiger partial charge on any atom is -0.497 e. The van der Waals surface area contributed by atoms with Crippen LogP contribution in [0.2, 0.25) is 0 Å². The minimum absolute atomic E-state index is 0.0517. The van der Waals surface area contributed by atoms with Gasteiger partial charge in [-0.05, 0) is 60.6 Å². The summed E-state index contributed by atoms with van der Waals surface area (Å²) in [6.45, 7) is 4.32. The molecular formula is C28H28N2O4S. The molecule has 1 aliphatic carbocycles. The van der Waals surface area contributed by atoms with Crippen LogP contribution in [0.3, 0.4) is 0 Å². The first-order chi connectivity index (χ1) is 17.0. The Labute approximate surface area is 208 Å². The number of amides is 1. The first-order valence-corrected chi connectivity index (χ1v) is 13.1. The molecule has 0 spiro atoms. The zero-order valence-corrected chi connectivity index (χ0v) is 20.9. The van der Waals surface area contributed by atoms with E-state index in [1.807, 2.05) is 30.3 Å². The van der Waals surface area contributed by atoms with E-state index in [0.29, 0.717) is 16.6 Å². The molecule has 1 saturated carbocycles. The van der Waals surface area contributed by atoms with Gasteiger partial charge in [-0.2, -0.15) is 0 Å². The van der Waals surface area contributed by atoms with E-state index in [4.69, 9.17) is 14.5 Å². The van der Waals surface area contributed by atoms with Gasteiger partial charge in [0.2, 0.25) is 0 Å². The fourth-order valence-electron chi connectivity index (χ4n) is 5.54. The third kappa shape index (κ3) is 3.56. The molecule has 1 fully saturated rings. The van der Waals surface area contributed by atoms with E-state index in [2.05, 4.69) is 26.0 Å². The van der Waals surface area contributed by atoms with E-state index in [9.17, 15) is 9.59 Å². The van der Waals surface area contributed by atoms with Gasteiger partial charge in [0, 0.05) is 0 Å². The molecule has 2 aliphatic heterocycles. The number of fused-ring (bicyclic) bond motifs is 2. The van der Waals surface area contributed by atoms with Crippen molar-refractivity contribution in [3.63, 3.8) is 0 Å². The largest absolute Gasteiger partial charge is 0.497 e. The number of aromatic nitrogens is 1. The highest BCUT2D eigenvalue weighted by Crippen LogP contribution is 2.49. The van der Waals surface area contributed by atoms with Gasteiger partial charge in [0.05, 0.1) is 34.9 Å². The van der Waals surface area contributed by atoms with Crippen LogP contribution < -0.4 is 9.64 Å². The predicted octanol–water partition coefficient (Wildman–Crippen LogP) is 5.93. The number of carbonyl (C=O) groups excluding carboxylic acids is 2. The second-order valence-corrected chi connectivity index (χ2v) is 10.9. The van der Waals surface area contributed by atoms with E-state index >= 15 is 0 Å². The summed E-state index contributed by atoms with van der Waals surface area (Å²) in [5.41, 5.74) is 3.40. The third-order valence-corrected chi connectivity index (χ3v) is 8.49. The molecule has 3 atom stereocenters. The van der Waals surface area contributed by atoms with Crippen LogP contribution in [-0.4, -0.2) is 29.9 Å². The molecule has 35 heavy (non-hydrogen) atoms. The molecule has 0 bridgehead atoms. The van der Waals surface area contributed by atoms with Crippen molar-refractivity contribution < 1.29 is 19.1 Å². The van der Waals surface area contributed by atoms with Crippen molar-refractivity contribution in [1.29, 1.82) is 0 Å². The number of rotatable bonds is 4. The summed E-state index contributed by atoms with van der Waals surface area (Å²) in [6, 6.07) is 13.2. The summed E-state index contributed by atoms with van der Waals surface area (Å²) in [5, 5.41) is 0.584. The van der Waals surface area contributed by atoms with Gasteiger partial charge in [0.15, 0.2) is 16.7 Å². The number of anilines is 1. The van der Waals surface area contributed by atoms with E-state index in [-0.39, 0.29) is 29.5 Å². The summed E-state index contributed by atoms with van der Waals surface area (Å²) in [7, 11) is 1.62. The summed E-state index contributed by atoms with van der Waals surface area (Å²) in [6.07, 6.45) is 3.45. The first-order valence-electron chi connectivity index (χ1n) is 12.3. The number of nitrogens with zero attached hydrogens (tertiary/aromatic N) is 2. The number of thiazole rings is 1. The number of hydrogen-bond donors (Lipinski definition) is 0. The number of ether oxygens (including phenoxy) is 2. The highest BCUT2D eigenvalue weighted by Gasteiger charge is 2.53. The number of carbonyl (C=O) groups is 2. The second-order valence-electron chi connectivity index (χ2n) is 9.88. The van der Waals surface area contributed by atoms with E-state index in [1.165, 1.54) is 16.9 Å². The van der Waals surface area contributed by atoms with Crippen LogP contribution in [0.5, 0.6) is 5.75 Å². The van der Waals surface area contributed by atoms with E-state index < -0.39 is 6.04 Å². The van der Waals surface area contributed by atoms with Gasteiger partial charge in [0.25, 0.3) is 5.91 Å². The molecule has 1 amide bonds. The fourth-order valence-corrected chi connectivity index (χ4v) is 6.58. The van der Waals surface area contributed by atoms with Gasteiger partial charge in [-0.25, -0.2) is 4.98 Å². The van der Waals surface area contributed by atoms with Crippen molar-refractivity contribution in [2.24, 2.45) is 5.92 Å². The Hall–Kier alpha value is -3.19. The Morgan fingerprint density at radius 1 is 1.09 bits per heavy atom. The Morgan fingerprint density at radius 2 is 1.86 bits per heavy atom. The molecule has 3 heterocycles. The van der Waals surface area contributed by atoms with Crippen LogP contribution in [0, 0.1) is 5.92 Å². The quantitative estimate of drug-likeness (QED) is 0.455. The maximum Gasteiger partial charge on any atom is 0.296 e. The molecule has 3 unspecified atom stereocenters. The minimum atomic E-state index is -0.566. The lowest BCUT2D eigenvalue weighted by Gasteiger charge is -2.35. The van der Waals surface area contributed by atoms with Crippen LogP contribution in [-0.2, 0) is 14.3 Å². The van der Waals surface area contributed by atoms with E-state index in [1.54, 1.807) is 12.0 Å². The van der Waals surface area contributed by atoms with Gasteiger partial charge >= 0.3 is 0 Å². The number of hydrogen-bond acceptors (Lipinski definition) is 6. The zero-order valence-electron chi connectivity index (χ0n) is 20.1. The molecule has 0 radical (unpaired) electrons. The average Bonchev–Trinajstić information content (AvgIpc) is 3.42. The van der Waals surface area contributed by atoms with Gasteiger partial charge in [-0.1, -0.05) is 49.8 Å². The SMILES string of the molecule is COc1ccc(C2C3=C(OC4CCCCC4C3=O)C(=O)N2c2nc3ccc(C(C)C)cc3s2)cc1. The summed E-state index contributed by atoms with van der Waals surface area (Å²) in [4.78, 5) is 34.2. The smallest absolute Gasteiger partial charge is 0.296 e. The topological polar surface area (TPSA) is 68.7 Å². The molecule has 0 N–H and O–H groups in total. The van der Waals surface area contributed by atoms with Gasteiger partial charge in [-0.15, -0.1) is 0 Å². The molecule has 3 aliphatic rings. The average molecular weight is 489 g/mol. The predicted molar refractivity (Wildman–Crippen MR) is 136 cm³/mol. The molecule has 6 nitrogen and oxygen atoms in total. The van der Waals surface area contributed by atoms with Crippen LogP contribution in [0.15, 0.2) is 53.8 Å². The summed E-state index contributed by atoms with van der Waals surface area (Å²) >= 11 is 1.48. The molecular weight excluding hydrogens is 460 g/mol. The van der Waals surface area contributed by atoms with Crippen LogP contribution in [0.25, 0.3) is 10.2 Å². The van der Waals surface area contributed by atoms with Crippen molar-refractivity contribution >= 4 is 38.4 Å². The third-order valence-electron chi connectivity index (χ3n) is 7.47. The number of benzene rings is 2. The Kier molecular flexibility index (Phi) is 5.40. The van der Waals surface area contributed by atoms with Crippen molar-refractivity contribution in [1.82, 2.24) is 4.98 Å². The molecule has 6 rings (SSSR count). The normalized spacial score (nSPS) is 24.1. The Balaban J connectivity index is 1.48. The number of methoxy groups -OCH3 is 1. The van der Waals surface area contributed by atoms with Crippen molar-refractivity contribution in [2.45, 2.75) is 57.6 Å². The van der Waals surface area contributed by atoms with Crippen LogP contribution >= 0.6 is 11.3 Å². The summed E-state index contributed by atoms with van der Waals surface area (Å²) in [5.74, 6) is 0.922. The van der Waals surface area contributed by atoms with Gasteiger partial charge < -0.3 is 9.47 Å². The lowest BCUT2D eigenvalue weighted by molar-refractivity contribution is -0.131. The lowest BCUT2D eigenvalue weighted by Crippen LogP contribution is -2.39. The molecule has 0 saturated heterocycles. The van der Waals surface area contributed by atoms with Gasteiger partial charge in [-0.3, -0.25) is 14.5 Å². The standard InChI is InChI=1S/C28H28N2O4S/c1-15(2)17-10-13-20-22(14-17)35-28(29-20)30-24(16-8-11-18(33-3)12-9-16)23-25(31)19-6-4-5-7-21(19)34-26(23)27(30)32/h8-15,19,21,24H,4-7H2,1-3H3. The van der Waals surface area contributed by atoms with Gasteiger partial charge in [0.1, 0.15) is 11.9 Å². The monoisotopic (exact) mass is 488 g/mol. The lowest BCUT2D eigenvalue weighted by atomic mass is 9.77. The van der Waals surface area contributed by atoms with Crippen molar-refractivity contribution in [2.75, 3.05) is 12.0 Å². The van der Waals surface area contributed by atoms with Crippen molar-refractivity contribution in [3.05, 3.63) is 64.9 Å². The fraction of sp³-hybridized carbons (Fsp3) is 0.393. The van der Waals surface area contributed by atoms with E-state index in [0.717, 1.165) is 47.2 Å². The highest BCUT2D eigenvalue weighted by molar-refractivity contribution is 7.22. The highest BCUT2D eigenvalue weighted by atomic mass is 32.1. The molecule has 3 aromatic rings. The molecule has 7 heteroatoms. The molecule has 2 aromatic carbocycles. The molecule has 180 valence electrons. The maximum absolute atomic E-state index is 13.9. The molecule has 1 aromatic heterocycles. The second kappa shape index (κ2) is 8.48. The Bertz CT molecular complexity index is 1360. The Morgan fingerprint density at radius 3 is 2.60 bits per heavy atom. The number of ketones is 1. The van der Waals surface area contributed by atoms with Crippen LogP contribution in [0.1, 0.15) is 62.6 Å². The zero-order chi connectivity index (χ0) is 24.3. The van der Waals surface area contributed by atoms with Crippen LogP contribution in [0.4, 0.5) is 5.13 Å².